The summed E-state index contributed by atoms with van der Waals surface area (Å²) in [6, 6.07) is 11.3. The lowest BCUT2D eigenvalue weighted by Crippen LogP contribution is -2.44. The van der Waals surface area contributed by atoms with Crippen LogP contribution in [0.4, 0.5) is 5.69 Å². The summed E-state index contributed by atoms with van der Waals surface area (Å²) >= 11 is 0. The lowest BCUT2D eigenvalue weighted by Gasteiger charge is -2.29. The number of ether oxygens (including phenoxy) is 1. The fourth-order valence-corrected chi connectivity index (χ4v) is 5.88. The van der Waals surface area contributed by atoms with Gasteiger partial charge in [0.25, 0.3) is 0 Å². The van der Waals surface area contributed by atoms with Crippen molar-refractivity contribution in [3.63, 3.8) is 0 Å². The maximum absolute atomic E-state index is 13.8. The molecule has 9 nitrogen and oxygen atoms in total. The third-order valence-electron chi connectivity index (χ3n) is 7.85. The van der Waals surface area contributed by atoms with Crippen molar-refractivity contribution in [1.29, 1.82) is 0 Å². The van der Waals surface area contributed by atoms with E-state index in [9.17, 15) is 14.7 Å². The Bertz CT molecular complexity index is 1270. The Morgan fingerprint density at radius 1 is 1.18 bits per heavy atom. The number of aliphatic carboxylic acids is 1. The summed E-state index contributed by atoms with van der Waals surface area (Å²) < 4.78 is 5.68. The monoisotopic (exact) mass is 529 g/mol. The molecule has 0 aliphatic carbocycles. The van der Waals surface area contributed by atoms with E-state index in [-0.39, 0.29) is 24.4 Å². The number of carboxylic acid groups (broad SMARTS) is 1. The number of carbonyl (C=O) groups excluding carboxylic acids is 1. The van der Waals surface area contributed by atoms with Crippen molar-refractivity contribution < 1.29 is 19.4 Å². The highest BCUT2D eigenvalue weighted by Gasteiger charge is 2.47. The first kappa shape index (κ1) is 26.7. The topological polar surface area (TPSA) is 109 Å². The number of likely N-dealkylation sites (tertiary alicyclic amines) is 1. The first-order valence-corrected chi connectivity index (χ1v) is 13.7. The van der Waals surface area contributed by atoms with Crippen LogP contribution in [-0.4, -0.2) is 69.1 Å². The molecule has 0 bridgehead atoms. The van der Waals surface area contributed by atoms with Crippen molar-refractivity contribution in [1.82, 2.24) is 19.9 Å². The molecule has 9 heteroatoms. The smallest absolute Gasteiger partial charge is 0.308 e. The predicted molar refractivity (Wildman–Crippen MR) is 147 cm³/mol. The van der Waals surface area contributed by atoms with E-state index in [1.54, 1.807) is 23.5 Å². The quantitative estimate of drug-likeness (QED) is 0.400. The normalized spacial score (nSPS) is 20.4. The van der Waals surface area contributed by atoms with Gasteiger partial charge in [0, 0.05) is 49.6 Å². The molecule has 4 heterocycles. The van der Waals surface area contributed by atoms with Gasteiger partial charge in [0.15, 0.2) is 0 Å². The zero-order chi connectivity index (χ0) is 27.2. The van der Waals surface area contributed by atoms with Gasteiger partial charge in [-0.3, -0.25) is 19.5 Å². The molecule has 1 aromatic carbocycles. The van der Waals surface area contributed by atoms with Crippen LogP contribution in [0.1, 0.15) is 48.9 Å². The van der Waals surface area contributed by atoms with Gasteiger partial charge in [0.2, 0.25) is 5.91 Å². The van der Waals surface area contributed by atoms with E-state index >= 15 is 0 Å². The molecular weight excluding hydrogens is 494 g/mol. The highest BCUT2D eigenvalue weighted by Crippen LogP contribution is 2.41. The van der Waals surface area contributed by atoms with Gasteiger partial charge in [-0.2, -0.15) is 0 Å². The van der Waals surface area contributed by atoms with Crippen LogP contribution in [0.2, 0.25) is 0 Å². The minimum absolute atomic E-state index is 0.0457. The van der Waals surface area contributed by atoms with Crippen LogP contribution >= 0.6 is 0 Å². The van der Waals surface area contributed by atoms with Crippen molar-refractivity contribution in [3.05, 3.63) is 78.1 Å². The van der Waals surface area contributed by atoms with Gasteiger partial charge in [-0.1, -0.05) is 25.5 Å². The number of aromatic nitrogens is 3. The van der Waals surface area contributed by atoms with E-state index < -0.39 is 11.9 Å². The van der Waals surface area contributed by atoms with Crippen LogP contribution in [0.15, 0.2) is 61.3 Å². The summed E-state index contributed by atoms with van der Waals surface area (Å²) in [6.07, 6.45) is 10.4. The van der Waals surface area contributed by atoms with E-state index in [2.05, 4.69) is 32.8 Å². The largest absolute Gasteiger partial charge is 0.493 e. The molecule has 2 aliphatic heterocycles. The lowest BCUT2D eigenvalue weighted by atomic mass is 9.83. The van der Waals surface area contributed by atoms with Gasteiger partial charge in [-0.05, 0) is 54.7 Å². The zero-order valence-electron chi connectivity index (χ0n) is 22.3. The maximum atomic E-state index is 13.8. The third kappa shape index (κ3) is 6.09. The molecule has 0 spiro atoms. The molecule has 3 atom stereocenters. The molecule has 1 fully saturated rings. The van der Waals surface area contributed by atoms with E-state index in [4.69, 9.17) is 4.74 Å². The van der Waals surface area contributed by atoms with Crippen molar-refractivity contribution in [2.24, 2.45) is 5.92 Å². The molecule has 0 radical (unpaired) electrons. The number of carbonyl (C=O) groups is 2. The number of anilines is 1. The average molecular weight is 530 g/mol. The fraction of sp³-hybridized carbons (Fsp3) is 0.433. The van der Waals surface area contributed by atoms with Crippen LogP contribution in [0, 0.1) is 5.92 Å². The second kappa shape index (κ2) is 12.3. The second-order valence-electron chi connectivity index (χ2n) is 10.3. The highest BCUT2D eigenvalue weighted by molar-refractivity contribution is 5.94. The van der Waals surface area contributed by atoms with Gasteiger partial charge in [-0.25, -0.2) is 9.97 Å². The number of hydrogen-bond donors (Lipinski definition) is 1. The summed E-state index contributed by atoms with van der Waals surface area (Å²) in [5, 5.41) is 10.5. The molecule has 0 saturated carbocycles. The number of hydrogen-bond acceptors (Lipinski definition) is 7. The van der Waals surface area contributed by atoms with Gasteiger partial charge in [0.05, 0.1) is 31.0 Å². The Hall–Kier alpha value is -3.85. The van der Waals surface area contributed by atoms with Crippen molar-refractivity contribution in [2.45, 2.75) is 51.0 Å². The number of rotatable bonds is 11. The summed E-state index contributed by atoms with van der Waals surface area (Å²) in [6.45, 7) is 3.97. The van der Waals surface area contributed by atoms with Crippen molar-refractivity contribution >= 4 is 17.6 Å². The number of carboxylic acids is 1. The minimum Gasteiger partial charge on any atom is -0.493 e. The number of unbranched alkanes of at least 4 members (excludes halogenated alkanes) is 1. The Kier molecular flexibility index (Phi) is 8.46. The van der Waals surface area contributed by atoms with E-state index in [0.29, 0.717) is 32.5 Å². The Morgan fingerprint density at radius 3 is 2.82 bits per heavy atom. The van der Waals surface area contributed by atoms with Gasteiger partial charge in [-0.15, -0.1) is 0 Å². The lowest BCUT2D eigenvalue weighted by molar-refractivity contribution is -0.143. The van der Waals surface area contributed by atoms with Crippen LogP contribution in [0.3, 0.4) is 0 Å². The van der Waals surface area contributed by atoms with E-state index in [1.807, 2.05) is 30.3 Å². The summed E-state index contributed by atoms with van der Waals surface area (Å²) in [5.74, 6) is -0.898. The number of aryl methyl sites for hydroxylation is 1. The van der Waals surface area contributed by atoms with Crippen molar-refractivity contribution in [3.8, 4) is 5.75 Å². The SMILES string of the molecule is CCCCN(C(=O)CN1C[C@H](c2ccc3c(c2)CCO3)C(C(=O)O)[C@@H]1CCc1ccncn1)c1cccnc1. The standard InChI is InChI=1S/C30H35N5O4/c1-2-3-14-35(24-5-4-12-31-17-24)28(36)19-34-18-25(21-6-9-27-22(16-21)11-15-39-27)29(30(37)38)26(34)8-7-23-10-13-32-20-33-23/h4-6,9-10,12-13,16-17,20,25-26,29H,2-3,7-8,11,14-15,18-19H2,1H3,(H,37,38)/t25-,26+,29?/m1/s1. The summed E-state index contributed by atoms with van der Waals surface area (Å²) in [7, 11) is 0. The van der Waals surface area contributed by atoms with Gasteiger partial charge < -0.3 is 14.7 Å². The number of pyridine rings is 1. The molecule has 2 aromatic heterocycles. The molecule has 1 N–H and O–H groups in total. The predicted octanol–water partition coefficient (Wildman–Crippen LogP) is 3.74. The Balaban J connectivity index is 1.43. The molecule has 1 amide bonds. The molecule has 2 aliphatic rings. The first-order chi connectivity index (χ1) is 19.0. The Morgan fingerprint density at radius 2 is 2.08 bits per heavy atom. The van der Waals surface area contributed by atoms with E-state index in [1.165, 1.54) is 6.33 Å². The summed E-state index contributed by atoms with van der Waals surface area (Å²) in [4.78, 5) is 43.0. The van der Waals surface area contributed by atoms with Crippen LogP contribution < -0.4 is 9.64 Å². The molecule has 5 rings (SSSR count). The average Bonchev–Trinajstić information content (AvgIpc) is 3.57. The van der Waals surface area contributed by atoms with Crippen molar-refractivity contribution in [2.75, 3.05) is 31.1 Å². The second-order valence-corrected chi connectivity index (χ2v) is 10.3. The molecule has 1 saturated heterocycles. The van der Waals surface area contributed by atoms with E-state index in [0.717, 1.165) is 47.5 Å². The van der Waals surface area contributed by atoms with Crippen LogP contribution in [0.25, 0.3) is 0 Å². The molecule has 3 aromatic rings. The molecule has 204 valence electrons. The van der Waals surface area contributed by atoms with Gasteiger partial charge >= 0.3 is 5.97 Å². The zero-order valence-corrected chi connectivity index (χ0v) is 22.3. The van der Waals surface area contributed by atoms with Crippen LogP contribution in [0.5, 0.6) is 5.75 Å². The van der Waals surface area contributed by atoms with Gasteiger partial charge in [0.1, 0.15) is 12.1 Å². The minimum atomic E-state index is -0.838. The molecule has 39 heavy (non-hydrogen) atoms. The summed E-state index contributed by atoms with van der Waals surface area (Å²) in [5.41, 5.74) is 3.73. The maximum Gasteiger partial charge on any atom is 0.308 e. The molecule has 1 unspecified atom stereocenters. The molecular formula is C30H35N5O4. The number of benzene rings is 1. The number of nitrogens with zero attached hydrogens (tertiary/aromatic N) is 5. The Labute approximate surface area is 228 Å². The number of amides is 1. The highest BCUT2D eigenvalue weighted by atomic mass is 16.5. The third-order valence-corrected chi connectivity index (χ3v) is 7.85. The fourth-order valence-electron chi connectivity index (χ4n) is 5.88. The number of fused-ring (bicyclic) bond motifs is 1. The van der Waals surface area contributed by atoms with Crippen LogP contribution in [-0.2, 0) is 22.4 Å². The first-order valence-electron chi connectivity index (χ1n) is 13.7.